The van der Waals surface area contributed by atoms with Crippen molar-refractivity contribution in [2.45, 2.75) is 69.5 Å². The number of carbonyl (C=O) groups excluding carboxylic acids is 3. The van der Waals surface area contributed by atoms with E-state index >= 15 is 0 Å². The monoisotopic (exact) mass is 617 g/mol. The number of methoxy groups -OCH3 is 1. The lowest BCUT2D eigenvalue weighted by atomic mass is 9.91. The SMILES string of the molecule is COC(=O)[C@@]1(Cc2cccc(-c3ncco3)c2)COC(C2CCCN2C(=O)[C@@H](NC(=O)[C@H](C)N)C(C)OCc2ccccc2)=N1. The van der Waals surface area contributed by atoms with Crippen LogP contribution < -0.4 is 11.1 Å². The van der Waals surface area contributed by atoms with Crippen LogP contribution in [0.1, 0.15) is 37.8 Å². The molecule has 2 aliphatic heterocycles. The molecule has 2 aliphatic rings. The van der Waals surface area contributed by atoms with E-state index in [0.717, 1.165) is 16.7 Å². The maximum atomic E-state index is 14.1. The van der Waals surface area contributed by atoms with Crippen molar-refractivity contribution in [3.8, 4) is 11.5 Å². The Kier molecular flexibility index (Phi) is 9.94. The number of benzene rings is 2. The summed E-state index contributed by atoms with van der Waals surface area (Å²) < 4.78 is 22.8. The molecule has 1 fully saturated rings. The molecular weight excluding hydrogens is 578 g/mol. The molecule has 0 saturated carbocycles. The van der Waals surface area contributed by atoms with Gasteiger partial charge in [0.15, 0.2) is 5.54 Å². The van der Waals surface area contributed by atoms with Crippen LogP contribution in [0, 0.1) is 0 Å². The molecule has 2 amide bonds. The Hall–Kier alpha value is -4.55. The maximum Gasteiger partial charge on any atom is 0.337 e. The van der Waals surface area contributed by atoms with E-state index in [1.54, 1.807) is 24.9 Å². The number of hydrogen-bond donors (Lipinski definition) is 2. The third-order valence-corrected chi connectivity index (χ3v) is 8.07. The van der Waals surface area contributed by atoms with Gasteiger partial charge in [0.05, 0.1) is 32.1 Å². The minimum absolute atomic E-state index is 0.0434. The van der Waals surface area contributed by atoms with Gasteiger partial charge < -0.3 is 34.6 Å². The first-order valence-electron chi connectivity index (χ1n) is 15.0. The summed E-state index contributed by atoms with van der Waals surface area (Å²) in [5.41, 5.74) is 7.00. The topological polar surface area (TPSA) is 159 Å². The normalized spacial score (nSPS) is 21.4. The molecule has 1 saturated heterocycles. The van der Waals surface area contributed by atoms with Crippen LogP contribution in [-0.4, -0.2) is 83.6 Å². The average molecular weight is 618 g/mol. The highest BCUT2D eigenvalue weighted by Crippen LogP contribution is 2.32. The van der Waals surface area contributed by atoms with Crippen LogP contribution in [0.4, 0.5) is 0 Å². The van der Waals surface area contributed by atoms with E-state index in [2.05, 4.69) is 10.3 Å². The van der Waals surface area contributed by atoms with Crippen LogP contribution in [0.2, 0.25) is 0 Å². The van der Waals surface area contributed by atoms with Gasteiger partial charge in [-0.3, -0.25) is 9.59 Å². The van der Waals surface area contributed by atoms with Crippen molar-refractivity contribution in [2.75, 3.05) is 20.3 Å². The number of nitrogens with two attached hydrogens (primary N) is 1. The minimum atomic E-state index is -1.34. The number of nitrogens with zero attached hydrogens (tertiary/aromatic N) is 3. The molecule has 0 spiro atoms. The van der Waals surface area contributed by atoms with E-state index in [1.165, 1.54) is 13.4 Å². The van der Waals surface area contributed by atoms with Crippen LogP contribution in [-0.2, 0) is 41.6 Å². The molecule has 12 heteroatoms. The number of nitrogens with one attached hydrogen (secondary N) is 1. The van der Waals surface area contributed by atoms with Crippen molar-refractivity contribution in [1.29, 1.82) is 0 Å². The van der Waals surface area contributed by atoms with Gasteiger partial charge in [0, 0.05) is 18.5 Å². The quantitative estimate of drug-likeness (QED) is 0.292. The lowest BCUT2D eigenvalue weighted by Crippen LogP contribution is -2.58. The number of rotatable bonds is 12. The van der Waals surface area contributed by atoms with E-state index < -0.39 is 41.6 Å². The fourth-order valence-corrected chi connectivity index (χ4v) is 5.64. The number of hydrogen-bond acceptors (Lipinski definition) is 10. The molecule has 3 aromatic rings. The second-order valence-corrected chi connectivity index (χ2v) is 11.4. The van der Waals surface area contributed by atoms with Crippen LogP contribution in [0.15, 0.2) is 76.5 Å². The lowest BCUT2D eigenvalue weighted by Gasteiger charge is -2.32. The summed E-state index contributed by atoms with van der Waals surface area (Å²) in [7, 11) is 1.31. The largest absolute Gasteiger partial charge is 0.476 e. The van der Waals surface area contributed by atoms with Crippen molar-refractivity contribution in [3.63, 3.8) is 0 Å². The zero-order valence-corrected chi connectivity index (χ0v) is 25.7. The first kappa shape index (κ1) is 31.9. The summed E-state index contributed by atoms with van der Waals surface area (Å²) in [6.45, 7) is 3.94. The third-order valence-electron chi connectivity index (χ3n) is 8.07. The Bertz CT molecular complexity index is 1510. The molecule has 5 rings (SSSR count). The molecule has 5 atom stereocenters. The van der Waals surface area contributed by atoms with Crippen molar-refractivity contribution in [3.05, 3.63) is 78.2 Å². The van der Waals surface area contributed by atoms with Gasteiger partial charge in [-0.25, -0.2) is 14.8 Å². The fourth-order valence-electron chi connectivity index (χ4n) is 5.64. The summed E-state index contributed by atoms with van der Waals surface area (Å²) in [4.78, 5) is 50.6. The van der Waals surface area contributed by atoms with E-state index in [1.807, 2.05) is 54.6 Å². The summed E-state index contributed by atoms with van der Waals surface area (Å²) in [6.07, 6.45) is 3.87. The molecular formula is C33H39N5O7. The van der Waals surface area contributed by atoms with Crippen molar-refractivity contribution >= 4 is 23.7 Å². The third kappa shape index (κ3) is 7.23. The van der Waals surface area contributed by atoms with Crippen LogP contribution >= 0.6 is 0 Å². The first-order chi connectivity index (χ1) is 21.7. The van der Waals surface area contributed by atoms with Gasteiger partial charge in [-0.05, 0) is 49.9 Å². The number of amides is 2. The van der Waals surface area contributed by atoms with Gasteiger partial charge in [-0.2, -0.15) is 0 Å². The first-order valence-corrected chi connectivity index (χ1v) is 15.0. The Morgan fingerprint density at radius 1 is 1.13 bits per heavy atom. The number of ether oxygens (including phenoxy) is 3. The maximum absolute atomic E-state index is 14.1. The Balaban J connectivity index is 1.37. The van der Waals surface area contributed by atoms with E-state index in [9.17, 15) is 14.4 Å². The minimum Gasteiger partial charge on any atom is -0.476 e. The summed E-state index contributed by atoms with van der Waals surface area (Å²) in [6, 6.07) is 14.7. The number of esters is 1. The van der Waals surface area contributed by atoms with E-state index in [-0.39, 0.29) is 31.4 Å². The van der Waals surface area contributed by atoms with Gasteiger partial charge in [0.1, 0.15) is 25.0 Å². The second kappa shape index (κ2) is 14.0. The van der Waals surface area contributed by atoms with E-state index in [4.69, 9.17) is 29.4 Å². The lowest BCUT2D eigenvalue weighted by molar-refractivity contribution is -0.147. The molecule has 0 aliphatic carbocycles. The van der Waals surface area contributed by atoms with Crippen LogP contribution in [0.3, 0.4) is 0 Å². The molecule has 0 radical (unpaired) electrons. The molecule has 238 valence electrons. The van der Waals surface area contributed by atoms with Gasteiger partial charge in [-0.15, -0.1) is 0 Å². The highest BCUT2D eigenvalue weighted by molar-refractivity contribution is 5.96. The number of oxazole rings is 1. The Morgan fingerprint density at radius 2 is 1.91 bits per heavy atom. The standard InChI is InChI=1S/C33H39N5O7/c1-21(34)28(39)36-27(22(2)44-19-23-9-5-4-6-10-23)31(40)38-15-8-13-26(38)30-37-33(20-45-30,32(41)42-3)18-24-11-7-12-25(17-24)29-35-14-16-43-29/h4-7,9-12,14,16-17,21-22,26-27H,8,13,15,18-20,34H2,1-3H3,(H,36,39)/t21-,22?,26?,27-,33+/m0/s1. The molecule has 2 unspecified atom stereocenters. The number of carbonyl (C=O) groups is 3. The highest BCUT2D eigenvalue weighted by atomic mass is 16.5. The van der Waals surface area contributed by atoms with Crippen LogP contribution in [0.5, 0.6) is 0 Å². The number of aliphatic imine (C=N–C) groups is 1. The molecule has 2 aromatic carbocycles. The van der Waals surface area contributed by atoms with Gasteiger partial charge in [0.2, 0.25) is 23.6 Å². The van der Waals surface area contributed by atoms with Gasteiger partial charge in [0.25, 0.3) is 0 Å². The predicted molar refractivity (Wildman–Crippen MR) is 165 cm³/mol. The molecule has 45 heavy (non-hydrogen) atoms. The summed E-state index contributed by atoms with van der Waals surface area (Å²) >= 11 is 0. The highest BCUT2D eigenvalue weighted by Gasteiger charge is 2.49. The average Bonchev–Trinajstić information content (AvgIpc) is 3.84. The van der Waals surface area contributed by atoms with Gasteiger partial charge >= 0.3 is 5.97 Å². The number of aromatic nitrogens is 1. The molecule has 3 heterocycles. The van der Waals surface area contributed by atoms with Crippen molar-refractivity contribution in [1.82, 2.24) is 15.2 Å². The van der Waals surface area contributed by atoms with E-state index in [0.29, 0.717) is 25.3 Å². The zero-order chi connectivity index (χ0) is 32.0. The smallest absolute Gasteiger partial charge is 0.337 e. The second-order valence-electron chi connectivity index (χ2n) is 11.4. The number of likely N-dealkylation sites (tertiary alicyclic amines) is 1. The predicted octanol–water partition coefficient (Wildman–Crippen LogP) is 2.65. The summed E-state index contributed by atoms with van der Waals surface area (Å²) in [5, 5.41) is 2.79. The molecule has 1 aromatic heterocycles. The molecule has 12 nitrogen and oxygen atoms in total. The fraction of sp³-hybridized carbons (Fsp3) is 0.424. The Labute approximate surface area is 261 Å². The molecule has 0 bridgehead atoms. The van der Waals surface area contributed by atoms with Crippen molar-refractivity contribution in [2.24, 2.45) is 10.7 Å². The van der Waals surface area contributed by atoms with Crippen molar-refractivity contribution < 1.29 is 33.0 Å². The van der Waals surface area contributed by atoms with Gasteiger partial charge in [-0.1, -0.05) is 42.5 Å². The molecule has 3 N–H and O–H groups in total. The van der Waals surface area contributed by atoms with Crippen LogP contribution in [0.25, 0.3) is 11.5 Å². The summed E-state index contributed by atoms with van der Waals surface area (Å²) in [5.74, 6) is -0.605. The Morgan fingerprint density at radius 3 is 2.62 bits per heavy atom. The zero-order valence-electron chi connectivity index (χ0n) is 25.7.